The average molecular weight is 215 g/mol. The minimum absolute atomic E-state index is 0.00842. The van der Waals surface area contributed by atoms with E-state index in [0.29, 0.717) is 5.92 Å². The lowest BCUT2D eigenvalue weighted by molar-refractivity contribution is -0.137. The minimum Gasteiger partial charge on any atom is -0.481 e. The molecule has 0 spiro atoms. The van der Waals surface area contributed by atoms with E-state index in [-0.39, 0.29) is 18.5 Å². The van der Waals surface area contributed by atoms with Crippen LogP contribution in [0.5, 0.6) is 0 Å². The van der Waals surface area contributed by atoms with Crippen molar-refractivity contribution >= 4 is 12.0 Å². The Morgan fingerprint density at radius 3 is 2.47 bits per heavy atom. The smallest absolute Gasteiger partial charge is 0.329 e. The zero-order chi connectivity index (χ0) is 11.4. The molecule has 1 aliphatic rings. The SMILES string of the molecule is CN(C)NC(=O)NC(CC(=O)O)C1CC1. The Hall–Kier alpha value is -1.30. The number of hydrogen-bond acceptors (Lipinski definition) is 3. The first kappa shape index (κ1) is 11.8. The molecule has 15 heavy (non-hydrogen) atoms. The van der Waals surface area contributed by atoms with Gasteiger partial charge in [0.2, 0.25) is 0 Å². The lowest BCUT2D eigenvalue weighted by atomic mass is 10.1. The van der Waals surface area contributed by atoms with Crippen molar-refractivity contribution in [3.05, 3.63) is 0 Å². The van der Waals surface area contributed by atoms with Gasteiger partial charge < -0.3 is 10.4 Å². The van der Waals surface area contributed by atoms with Gasteiger partial charge in [-0.1, -0.05) is 0 Å². The van der Waals surface area contributed by atoms with Crippen LogP contribution in [0.1, 0.15) is 19.3 Å². The Kier molecular flexibility index (Phi) is 3.90. The molecule has 1 aliphatic carbocycles. The summed E-state index contributed by atoms with van der Waals surface area (Å²) >= 11 is 0. The molecular weight excluding hydrogens is 198 g/mol. The highest BCUT2D eigenvalue weighted by Gasteiger charge is 2.33. The van der Waals surface area contributed by atoms with Crippen molar-refractivity contribution in [3.63, 3.8) is 0 Å². The van der Waals surface area contributed by atoms with Gasteiger partial charge in [0.25, 0.3) is 0 Å². The molecule has 6 heteroatoms. The molecule has 0 saturated heterocycles. The Morgan fingerprint density at radius 1 is 1.47 bits per heavy atom. The van der Waals surface area contributed by atoms with Crippen molar-refractivity contribution in [1.82, 2.24) is 15.8 Å². The zero-order valence-corrected chi connectivity index (χ0v) is 8.99. The third kappa shape index (κ3) is 4.64. The lowest BCUT2D eigenvalue weighted by Gasteiger charge is -2.19. The zero-order valence-electron chi connectivity index (χ0n) is 8.99. The number of rotatable bonds is 5. The highest BCUT2D eigenvalue weighted by atomic mass is 16.4. The van der Waals surface area contributed by atoms with E-state index in [9.17, 15) is 9.59 Å². The molecule has 6 nitrogen and oxygen atoms in total. The average Bonchev–Trinajstić information content (AvgIpc) is 2.81. The monoisotopic (exact) mass is 215 g/mol. The molecule has 1 saturated carbocycles. The molecule has 1 unspecified atom stereocenters. The summed E-state index contributed by atoms with van der Waals surface area (Å²) in [5.41, 5.74) is 2.52. The van der Waals surface area contributed by atoms with Gasteiger partial charge in [-0.15, -0.1) is 0 Å². The third-order valence-electron chi connectivity index (χ3n) is 2.23. The fourth-order valence-corrected chi connectivity index (χ4v) is 1.43. The van der Waals surface area contributed by atoms with Crippen LogP contribution in [0.25, 0.3) is 0 Å². The topological polar surface area (TPSA) is 81.7 Å². The second-order valence-electron chi connectivity index (χ2n) is 4.02. The summed E-state index contributed by atoms with van der Waals surface area (Å²) in [5, 5.41) is 12.9. The van der Waals surface area contributed by atoms with E-state index in [0.717, 1.165) is 12.8 Å². The summed E-state index contributed by atoms with van der Waals surface area (Å²) in [6, 6.07) is -0.597. The Balaban J connectivity index is 2.36. The molecule has 1 atom stereocenters. The van der Waals surface area contributed by atoms with Crippen LogP contribution in [-0.4, -0.2) is 42.3 Å². The molecule has 0 bridgehead atoms. The van der Waals surface area contributed by atoms with Crippen molar-refractivity contribution in [1.29, 1.82) is 0 Å². The van der Waals surface area contributed by atoms with Crippen LogP contribution < -0.4 is 10.7 Å². The fourth-order valence-electron chi connectivity index (χ4n) is 1.43. The molecule has 1 rings (SSSR count). The summed E-state index contributed by atoms with van der Waals surface area (Å²) < 4.78 is 0. The normalized spacial score (nSPS) is 17.3. The minimum atomic E-state index is -0.878. The largest absolute Gasteiger partial charge is 0.481 e. The van der Waals surface area contributed by atoms with Gasteiger partial charge in [-0.2, -0.15) is 0 Å². The maximum atomic E-state index is 11.3. The van der Waals surface area contributed by atoms with E-state index >= 15 is 0 Å². The lowest BCUT2D eigenvalue weighted by Crippen LogP contribution is -2.48. The highest BCUT2D eigenvalue weighted by molar-refractivity contribution is 5.75. The summed E-state index contributed by atoms with van der Waals surface area (Å²) in [6.07, 6.45) is 1.99. The van der Waals surface area contributed by atoms with E-state index in [1.54, 1.807) is 14.1 Å². The van der Waals surface area contributed by atoms with Crippen molar-refractivity contribution in [2.45, 2.75) is 25.3 Å². The van der Waals surface area contributed by atoms with Crippen LogP contribution in [0.3, 0.4) is 0 Å². The van der Waals surface area contributed by atoms with Crippen LogP contribution in [0.2, 0.25) is 0 Å². The molecule has 0 aliphatic heterocycles. The maximum Gasteiger partial charge on any atom is 0.329 e. The molecule has 2 amide bonds. The number of nitrogens with one attached hydrogen (secondary N) is 2. The predicted octanol–water partition coefficient (Wildman–Crippen LogP) is 0.0155. The Labute approximate surface area is 88.6 Å². The van der Waals surface area contributed by atoms with Gasteiger partial charge in [-0.25, -0.2) is 9.80 Å². The molecule has 0 radical (unpaired) electrons. The van der Waals surface area contributed by atoms with Gasteiger partial charge in [0.05, 0.1) is 6.42 Å². The predicted molar refractivity (Wildman–Crippen MR) is 54.1 cm³/mol. The molecule has 86 valence electrons. The van der Waals surface area contributed by atoms with E-state index < -0.39 is 5.97 Å². The molecule has 0 aromatic rings. The van der Waals surface area contributed by atoms with Crippen molar-refractivity contribution < 1.29 is 14.7 Å². The van der Waals surface area contributed by atoms with Crippen LogP contribution >= 0.6 is 0 Å². The first-order valence-electron chi connectivity index (χ1n) is 4.95. The van der Waals surface area contributed by atoms with Gasteiger partial charge in [-0.3, -0.25) is 10.2 Å². The van der Waals surface area contributed by atoms with Crippen molar-refractivity contribution in [2.75, 3.05) is 14.1 Å². The maximum absolute atomic E-state index is 11.3. The summed E-state index contributed by atoms with van der Waals surface area (Å²) in [4.78, 5) is 21.9. The van der Waals surface area contributed by atoms with Crippen molar-refractivity contribution in [3.8, 4) is 0 Å². The van der Waals surface area contributed by atoms with Crippen LogP contribution in [0, 0.1) is 5.92 Å². The Bertz CT molecular complexity index is 251. The molecule has 1 fully saturated rings. The number of nitrogens with zero attached hydrogens (tertiary/aromatic N) is 1. The van der Waals surface area contributed by atoms with Crippen LogP contribution in [0.4, 0.5) is 4.79 Å². The van der Waals surface area contributed by atoms with Gasteiger partial charge in [0, 0.05) is 20.1 Å². The second-order valence-corrected chi connectivity index (χ2v) is 4.02. The standard InChI is InChI=1S/C9H17N3O3/c1-12(2)11-9(15)10-7(5-8(13)14)6-3-4-6/h6-7H,3-5H2,1-2H3,(H,13,14)(H2,10,11,15). The quantitative estimate of drug-likeness (QED) is 0.564. The number of carboxylic acids is 1. The molecule has 0 aromatic heterocycles. The molecule has 0 heterocycles. The first-order valence-corrected chi connectivity index (χ1v) is 4.95. The summed E-state index contributed by atoms with van der Waals surface area (Å²) in [7, 11) is 3.39. The highest BCUT2D eigenvalue weighted by Crippen LogP contribution is 2.33. The van der Waals surface area contributed by atoms with Crippen LogP contribution in [0.15, 0.2) is 0 Å². The van der Waals surface area contributed by atoms with Crippen molar-refractivity contribution in [2.24, 2.45) is 5.92 Å². The molecular formula is C9H17N3O3. The van der Waals surface area contributed by atoms with E-state index in [1.807, 2.05) is 0 Å². The van der Waals surface area contributed by atoms with Crippen LogP contribution in [-0.2, 0) is 4.79 Å². The van der Waals surface area contributed by atoms with Gasteiger partial charge in [0.1, 0.15) is 0 Å². The molecule has 0 aromatic carbocycles. The number of aliphatic carboxylic acids is 1. The first-order chi connectivity index (χ1) is 6.99. The third-order valence-corrected chi connectivity index (χ3v) is 2.23. The molecule has 3 N–H and O–H groups in total. The van der Waals surface area contributed by atoms with Gasteiger partial charge in [0.15, 0.2) is 0 Å². The number of urea groups is 1. The van der Waals surface area contributed by atoms with Gasteiger partial charge >= 0.3 is 12.0 Å². The number of hydrazine groups is 1. The van der Waals surface area contributed by atoms with E-state index in [2.05, 4.69) is 10.7 Å². The van der Waals surface area contributed by atoms with Gasteiger partial charge in [-0.05, 0) is 18.8 Å². The summed E-state index contributed by atoms with van der Waals surface area (Å²) in [6.45, 7) is 0. The fraction of sp³-hybridized carbons (Fsp3) is 0.778. The second kappa shape index (κ2) is 4.97. The number of hydrogen-bond donors (Lipinski definition) is 3. The Morgan fingerprint density at radius 2 is 2.07 bits per heavy atom. The number of carbonyl (C=O) groups excluding carboxylic acids is 1. The number of amides is 2. The van der Waals surface area contributed by atoms with E-state index in [1.165, 1.54) is 5.01 Å². The summed E-state index contributed by atoms with van der Waals surface area (Å²) in [5.74, 6) is -0.550. The number of carbonyl (C=O) groups is 2. The van der Waals surface area contributed by atoms with E-state index in [4.69, 9.17) is 5.11 Å². The number of carboxylic acid groups (broad SMARTS) is 1.